The highest BCUT2D eigenvalue weighted by molar-refractivity contribution is 5.76. The van der Waals surface area contributed by atoms with E-state index in [1.165, 1.54) is 18.1 Å². The summed E-state index contributed by atoms with van der Waals surface area (Å²) in [7, 11) is 3.95. The smallest absolute Gasteiger partial charge is 0.308 e. The molecule has 1 aliphatic heterocycles. The van der Waals surface area contributed by atoms with E-state index in [-0.39, 0.29) is 29.4 Å². The Hall–Kier alpha value is -2.70. The lowest BCUT2D eigenvalue weighted by Crippen LogP contribution is -2.60. The highest BCUT2D eigenvalue weighted by atomic mass is 16.5. The molecular formula is C31H42N2O4. The molecule has 4 atom stereocenters. The van der Waals surface area contributed by atoms with E-state index in [0.29, 0.717) is 18.1 Å². The van der Waals surface area contributed by atoms with Crippen LogP contribution in [0.2, 0.25) is 0 Å². The van der Waals surface area contributed by atoms with Gasteiger partial charge in [-0.1, -0.05) is 48.9 Å². The van der Waals surface area contributed by atoms with Crippen LogP contribution >= 0.6 is 0 Å². The Labute approximate surface area is 221 Å². The maximum absolute atomic E-state index is 13.0. The number of ether oxygens (including phenoxy) is 2. The predicted molar refractivity (Wildman–Crippen MR) is 146 cm³/mol. The predicted octanol–water partition coefficient (Wildman–Crippen LogP) is 4.90. The number of nitrogens with one attached hydrogen (secondary N) is 1. The first-order valence-corrected chi connectivity index (χ1v) is 13.7. The molecule has 200 valence electrons. The summed E-state index contributed by atoms with van der Waals surface area (Å²) in [5.74, 6) is 0.694. The van der Waals surface area contributed by atoms with Gasteiger partial charge in [-0.05, 0) is 75.4 Å². The van der Waals surface area contributed by atoms with Gasteiger partial charge >= 0.3 is 5.97 Å². The summed E-state index contributed by atoms with van der Waals surface area (Å²) >= 11 is 0. The molecule has 1 N–H and O–H groups in total. The molecule has 2 aromatic carbocycles. The largest absolute Gasteiger partial charge is 0.427 e. The van der Waals surface area contributed by atoms with Crippen molar-refractivity contribution in [3.63, 3.8) is 0 Å². The summed E-state index contributed by atoms with van der Waals surface area (Å²) in [6, 6.07) is 18.5. The normalized spacial score (nSPS) is 25.8. The Morgan fingerprint density at radius 1 is 1.08 bits per heavy atom. The minimum absolute atomic E-state index is 0.0463. The molecule has 2 fully saturated rings. The number of methoxy groups -OCH3 is 1. The van der Waals surface area contributed by atoms with Crippen molar-refractivity contribution in [2.75, 3.05) is 27.2 Å². The van der Waals surface area contributed by atoms with Gasteiger partial charge in [-0.3, -0.25) is 9.59 Å². The second kappa shape index (κ2) is 12.7. The summed E-state index contributed by atoms with van der Waals surface area (Å²) in [6.07, 6.45) is 7.39. The van der Waals surface area contributed by atoms with Crippen LogP contribution in [0.25, 0.3) is 0 Å². The average Bonchev–Trinajstić information content (AvgIpc) is 2.88. The van der Waals surface area contributed by atoms with Crippen molar-refractivity contribution in [1.82, 2.24) is 10.2 Å². The van der Waals surface area contributed by atoms with Crippen molar-refractivity contribution in [3.05, 3.63) is 65.7 Å². The number of esters is 1. The Morgan fingerprint density at radius 3 is 2.65 bits per heavy atom. The quantitative estimate of drug-likeness (QED) is 0.282. The van der Waals surface area contributed by atoms with Crippen LogP contribution in [0, 0.1) is 5.92 Å². The number of rotatable bonds is 10. The first kappa shape index (κ1) is 27.3. The molecular weight excluding hydrogens is 464 g/mol. The Morgan fingerprint density at radius 2 is 1.89 bits per heavy atom. The molecule has 0 aromatic heterocycles. The van der Waals surface area contributed by atoms with E-state index >= 15 is 0 Å². The number of likely N-dealkylation sites (tertiary alicyclic amines) is 1. The lowest BCUT2D eigenvalue weighted by molar-refractivity contribution is -0.132. The number of piperidine rings is 1. The van der Waals surface area contributed by atoms with E-state index in [1.807, 2.05) is 24.3 Å². The second-order valence-electron chi connectivity index (χ2n) is 10.9. The van der Waals surface area contributed by atoms with Gasteiger partial charge in [-0.2, -0.15) is 0 Å². The molecule has 1 heterocycles. The average molecular weight is 507 g/mol. The molecule has 0 bridgehead atoms. The zero-order valence-electron chi connectivity index (χ0n) is 22.6. The first-order valence-electron chi connectivity index (χ1n) is 13.7. The van der Waals surface area contributed by atoms with Crippen molar-refractivity contribution in [3.8, 4) is 5.75 Å². The van der Waals surface area contributed by atoms with Crippen LogP contribution in [0.5, 0.6) is 5.75 Å². The molecule has 1 aliphatic carbocycles. The van der Waals surface area contributed by atoms with E-state index in [4.69, 9.17) is 9.47 Å². The number of unbranched alkanes of at least 4 members (excludes halogenated alkanes) is 2. The zero-order valence-corrected chi connectivity index (χ0v) is 22.6. The Kier molecular flexibility index (Phi) is 9.38. The maximum atomic E-state index is 13.0. The van der Waals surface area contributed by atoms with Gasteiger partial charge in [0.05, 0.1) is 6.10 Å². The lowest BCUT2D eigenvalue weighted by atomic mass is 9.57. The summed E-state index contributed by atoms with van der Waals surface area (Å²) in [5.41, 5.74) is 2.39. The number of amides is 1. The van der Waals surface area contributed by atoms with Crippen LogP contribution in [-0.4, -0.2) is 56.2 Å². The molecule has 1 amide bonds. The number of nitrogens with zero attached hydrogens (tertiary/aromatic N) is 1. The molecule has 6 heteroatoms. The summed E-state index contributed by atoms with van der Waals surface area (Å²) in [5, 5.41) is 3.36. The summed E-state index contributed by atoms with van der Waals surface area (Å²) in [6.45, 7) is 3.35. The molecule has 4 rings (SSSR count). The standard InChI is InChI=1S/C31H42N2O4/c1-23(34)37-27-15-10-14-25(19-27)31-17-18-33(2)22-28(31)29(36-3)20-26(21-31)32-30(35)16-9-5-8-13-24-11-6-4-7-12-24/h4,6-7,10-12,14-15,19,26,28-29H,5,8-9,13,16-18,20-22H2,1-3H3,(H,32,35). The highest BCUT2D eigenvalue weighted by Crippen LogP contribution is 2.50. The van der Waals surface area contributed by atoms with Gasteiger partial charge in [0, 0.05) is 44.4 Å². The third-order valence-corrected chi connectivity index (χ3v) is 8.28. The third-order valence-electron chi connectivity index (χ3n) is 8.28. The maximum Gasteiger partial charge on any atom is 0.308 e. The van der Waals surface area contributed by atoms with Crippen LogP contribution in [0.4, 0.5) is 0 Å². The molecule has 2 aliphatic rings. The topological polar surface area (TPSA) is 67.9 Å². The number of carbonyl (C=O) groups excluding carboxylic acids is 2. The highest BCUT2D eigenvalue weighted by Gasteiger charge is 2.52. The van der Waals surface area contributed by atoms with Gasteiger partial charge in [0.2, 0.25) is 5.91 Å². The Balaban J connectivity index is 1.41. The summed E-state index contributed by atoms with van der Waals surface area (Å²) < 4.78 is 11.5. The van der Waals surface area contributed by atoms with Crippen molar-refractivity contribution >= 4 is 11.9 Å². The molecule has 2 aromatic rings. The van der Waals surface area contributed by atoms with E-state index in [9.17, 15) is 9.59 Å². The molecule has 37 heavy (non-hydrogen) atoms. The first-order chi connectivity index (χ1) is 17.9. The van der Waals surface area contributed by atoms with Gasteiger partial charge in [0.15, 0.2) is 0 Å². The van der Waals surface area contributed by atoms with E-state index in [2.05, 4.69) is 47.6 Å². The van der Waals surface area contributed by atoms with Gasteiger partial charge in [-0.25, -0.2) is 0 Å². The van der Waals surface area contributed by atoms with Gasteiger partial charge in [0.25, 0.3) is 0 Å². The number of aryl methyl sites for hydroxylation is 1. The molecule has 1 saturated heterocycles. The minimum atomic E-state index is -0.318. The van der Waals surface area contributed by atoms with Crippen LogP contribution in [-0.2, 0) is 26.2 Å². The number of benzene rings is 2. The monoisotopic (exact) mass is 506 g/mol. The van der Waals surface area contributed by atoms with E-state index in [1.54, 1.807) is 7.11 Å². The van der Waals surface area contributed by atoms with Crippen molar-refractivity contribution in [2.45, 2.75) is 75.9 Å². The fourth-order valence-electron chi connectivity index (χ4n) is 6.49. The fourth-order valence-corrected chi connectivity index (χ4v) is 6.49. The molecule has 1 saturated carbocycles. The Bertz CT molecular complexity index is 1040. The van der Waals surface area contributed by atoms with Crippen LogP contribution < -0.4 is 10.1 Å². The van der Waals surface area contributed by atoms with Gasteiger partial charge in [-0.15, -0.1) is 0 Å². The van der Waals surface area contributed by atoms with Crippen LogP contribution in [0.15, 0.2) is 54.6 Å². The second-order valence-corrected chi connectivity index (χ2v) is 10.9. The van der Waals surface area contributed by atoms with Gasteiger partial charge < -0.3 is 19.7 Å². The molecule has 6 nitrogen and oxygen atoms in total. The zero-order chi connectivity index (χ0) is 26.3. The number of hydrogen-bond donors (Lipinski definition) is 1. The fraction of sp³-hybridized carbons (Fsp3) is 0.548. The molecule has 0 radical (unpaired) electrons. The number of fused-ring (bicyclic) bond motifs is 1. The van der Waals surface area contributed by atoms with Crippen LogP contribution in [0.3, 0.4) is 0 Å². The SMILES string of the molecule is COC1CC(NC(=O)CCCCCc2ccccc2)CC2(c3cccc(OC(C)=O)c3)CCN(C)CC12. The number of hydrogen-bond acceptors (Lipinski definition) is 5. The van der Waals surface area contributed by atoms with E-state index < -0.39 is 0 Å². The molecule has 0 spiro atoms. The van der Waals surface area contributed by atoms with E-state index in [0.717, 1.165) is 58.0 Å². The third kappa shape index (κ3) is 6.99. The minimum Gasteiger partial charge on any atom is -0.427 e. The van der Waals surface area contributed by atoms with Crippen LogP contribution in [0.1, 0.15) is 63.0 Å². The lowest BCUT2D eigenvalue weighted by Gasteiger charge is -2.55. The summed E-state index contributed by atoms with van der Waals surface area (Å²) in [4.78, 5) is 26.9. The van der Waals surface area contributed by atoms with Gasteiger partial charge in [0.1, 0.15) is 5.75 Å². The molecule has 4 unspecified atom stereocenters. The van der Waals surface area contributed by atoms with Crippen molar-refractivity contribution in [1.29, 1.82) is 0 Å². The van der Waals surface area contributed by atoms with Crippen molar-refractivity contribution in [2.24, 2.45) is 5.92 Å². The number of carbonyl (C=O) groups is 2. The van der Waals surface area contributed by atoms with Crippen molar-refractivity contribution < 1.29 is 19.1 Å².